The molecule has 8 heteroatoms. The van der Waals surface area contributed by atoms with Crippen LogP contribution < -0.4 is 11.3 Å². The van der Waals surface area contributed by atoms with E-state index in [2.05, 4.69) is 15.0 Å². The zero-order valence-electron chi connectivity index (χ0n) is 9.54. The number of ether oxygens (including phenoxy) is 1. The van der Waals surface area contributed by atoms with Crippen LogP contribution in [0.3, 0.4) is 0 Å². The highest BCUT2D eigenvalue weighted by molar-refractivity contribution is 5.70. The molecule has 4 N–H and O–H groups in total. The van der Waals surface area contributed by atoms with E-state index in [1.54, 1.807) is 4.57 Å². The average Bonchev–Trinajstić information content (AvgIpc) is 2.93. The number of nitrogen functional groups attached to an aromatic ring is 1. The van der Waals surface area contributed by atoms with Gasteiger partial charge in [-0.15, -0.1) is 0 Å². The van der Waals surface area contributed by atoms with Crippen molar-refractivity contribution in [1.82, 2.24) is 19.5 Å². The number of aliphatic hydroxyl groups is 1. The fraction of sp³-hybridized carbons (Fsp3) is 0.500. The van der Waals surface area contributed by atoms with Gasteiger partial charge in [0.1, 0.15) is 6.23 Å². The van der Waals surface area contributed by atoms with Crippen molar-refractivity contribution in [2.24, 2.45) is 0 Å². The maximum Gasteiger partial charge on any atom is 0.278 e. The predicted molar refractivity (Wildman–Crippen MR) is 62.8 cm³/mol. The van der Waals surface area contributed by atoms with E-state index >= 15 is 0 Å². The first-order valence-corrected chi connectivity index (χ1v) is 5.67. The van der Waals surface area contributed by atoms with Crippen molar-refractivity contribution in [2.75, 3.05) is 12.3 Å². The van der Waals surface area contributed by atoms with Gasteiger partial charge in [-0.1, -0.05) is 0 Å². The summed E-state index contributed by atoms with van der Waals surface area (Å²) in [5, 5.41) is 9.04. The molecular formula is C10H13N5O3. The zero-order valence-corrected chi connectivity index (χ0v) is 9.54. The molecule has 0 radical (unpaired) electrons. The van der Waals surface area contributed by atoms with Crippen LogP contribution in [0.5, 0.6) is 0 Å². The molecule has 0 aromatic carbocycles. The molecule has 1 aliphatic heterocycles. The highest BCUT2D eigenvalue weighted by Gasteiger charge is 2.27. The Hall–Kier alpha value is -1.93. The van der Waals surface area contributed by atoms with Crippen molar-refractivity contribution < 1.29 is 9.84 Å². The standard InChI is InChI=1S/C10H13N5O3/c11-10-13-8-7(9(17)14-10)15(4-12-8)6-2-1-5(3-16)18-6/h4-6,16H,1-3H2,(H3,11,13,14,17)/t5-,6-/m1/s1. The largest absolute Gasteiger partial charge is 0.394 e. The van der Waals surface area contributed by atoms with Crippen LogP contribution in [0.2, 0.25) is 0 Å². The van der Waals surface area contributed by atoms with E-state index in [9.17, 15) is 4.79 Å². The van der Waals surface area contributed by atoms with Crippen LogP contribution in [0.4, 0.5) is 5.95 Å². The third kappa shape index (κ3) is 1.66. The van der Waals surface area contributed by atoms with Gasteiger partial charge in [-0.3, -0.25) is 14.3 Å². The molecule has 96 valence electrons. The first kappa shape index (κ1) is 11.2. The quantitative estimate of drug-likeness (QED) is 0.654. The Morgan fingerprint density at radius 2 is 2.44 bits per heavy atom. The molecule has 0 saturated carbocycles. The van der Waals surface area contributed by atoms with Crippen molar-refractivity contribution in [3.8, 4) is 0 Å². The van der Waals surface area contributed by atoms with Gasteiger partial charge < -0.3 is 15.6 Å². The maximum absolute atomic E-state index is 11.8. The topological polar surface area (TPSA) is 119 Å². The Morgan fingerprint density at radius 1 is 1.61 bits per heavy atom. The highest BCUT2D eigenvalue weighted by Crippen LogP contribution is 2.29. The highest BCUT2D eigenvalue weighted by atomic mass is 16.5. The molecule has 2 atom stereocenters. The lowest BCUT2D eigenvalue weighted by Crippen LogP contribution is -2.18. The number of H-pyrrole nitrogens is 1. The summed E-state index contributed by atoms with van der Waals surface area (Å²) in [6.07, 6.45) is 2.50. The molecule has 0 spiro atoms. The smallest absolute Gasteiger partial charge is 0.278 e. The second-order valence-corrected chi connectivity index (χ2v) is 4.25. The number of aliphatic hydroxyl groups excluding tert-OH is 1. The van der Waals surface area contributed by atoms with E-state index < -0.39 is 0 Å². The average molecular weight is 251 g/mol. The van der Waals surface area contributed by atoms with Crippen LogP contribution in [-0.2, 0) is 4.74 Å². The third-order valence-corrected chi connectivity index (χ3v) is 3.06. The summed E-state index contributed by atoms with van der Waals surface area (Å²) in [6, 6.07) is 0. The van der Waals surface area contributed by atoms with Gasteiger partial charge in [0.25, 0.3) is 5.56 Å². The van der Waals surface area contributed by atoms with E-state index in [1.807, 2.05) is 0 Å². The predicted octanol–water partition coefficient (Wildman–Crippen LogP) is -0.628. The summed E-state index contributed by atoms with van der Waals surface area (Å²) in [4.78, 5) is 22.3. The summed E-state index contributed by atoms with van der Waals surface area (Å²) in [7, 11) is 0. The van der Waals surface area contributed by atoms with E-state index in [0.29, 0.717) is 11.2 Å². The zero-order chi connectivity index (χ0) is 12.7. The number of anilines is 1. The Labute approximate surface area is 101 Å². The molecule has 18 heavy (non-hydrogen) atoms. The third-order valence-electron chi connectivity index (χ3n) is 3.06. The molecule has 1 saturated heterocycles. The molecule has 2 aromatic rings. The summed E-state index contributed by atoms with van der Waals surface area (Å²) < 4.78 is 7.24. The van der Waals surface area contributed by atoms with Crippen molar-refractivity contribution in [1.29, 1.82) is 0 Å². The molecule has 0 amide bonds. The number of nitrogens with two attached hydrogens (primary N) is 1. The molecule has 2 aromatic heterocycles. The number of aromatic nitrogens is 4. The lowest BCUT2D eigenvalue weighted by molar-refractivity contribution is -0.0205. The van der Waals surface area contributed by atoms with Gasteiger partial charge >= 0.3 is 0 Å². The number of hydrogen-bond donors (Lipinski definition) is 3. The molecular weight excluding hydrogens is 238 g/mol. The molecule has 0 unspecified atom stereocenters. The number of imidazole rings is 1. The summed E-state index contributed by atoms with van der Waals surface area (Å²) in [6.45, 7) is -0.0231. The van der Waals surface area contributed by atoms with E-state index in [1.165, 1.54) is 6.33 Å². The molecule has 0 bridgehead atoms. The number of nitrogens with zero attached hydrogens (tertiary/aromatic N) is 3. The van der Waals surface area contributed by atoms with Crippen molar-refractivity contribution in [2.45, 2.75) is 25.2 Å². The number of rotatable bonds is 2. The molecule has 8 nitrogen and oxygen atoms in total. The Bertz CT molecular complexity index is 634. The maximum atomic E-state index is 11.8. The normalized spacial score (nSPS) is 23.8. The fourth-order valence-corrected chi connectivity index (χ4v) is 2.21. The van der Waals surface area contributed by atoms with Gasteiger partial charge in [0.05, 0.1) is 19.0 Å². The van der Waals surface area contributed by atoms with Gasteiger partial charge in [-0.2, -0.15) is 4.98 Å². The molecule has 3 rings (SSSR count). The van der Waals surface area contributed by atoms with Gasteiger partial charge in [-0.05, 0) is 12.8 Å². The number of nitrogens with one attached hydrogen (secondary N) is 1. The second-order valence-electron chi connectivity index (χ2n) is 4.25. The van der Waals surface area contributed by atoms with E-state index in [4.69, 9.17) is 15.6 Å². The van der Waals surface area contributed by atoms with Crippen molar-refractivity contribution >= 4 is 17.1 Å². The Morgan fingerprint density at radius 3 is 3.17 bits per heavy atom. The van der Waals surface area contributed by atoms with Crippen LogP contribution in [0.25, 0.3) is 11.2 Å². The van der Waals surface area contributed by atoms with Crippen molar-refractivity contribution in [3.63, 3.8) is 0 Å². The summed E-state index contributed by atoms with van der Waals surface area (Å²) in [5.74, 6) is 0.0401. The SMILES string of the molecule is Nc1nc2ncn([C@H]3CC[C@H](CO)O3)c2c(=O)[nH]1. The van der Waals surface area contributed by atoms with E-state index in [-0.39, 0.29) is 30.4 Å². The summed E-state index contributed by atoms with van der Waals surface area (Å²) in [5.41, 5.74) is 5.75. The molecule has 0 aliphatic carbocycles. The van der Waals surface area contributed by atoms with Gasteiger partial charge in [-0.25, -0.2) is 4.98 Å². The molecule has 3 heterocycles. The second kappa shape index (κ2) is 4.07. The number of aromatic amines is 1. The van der Waals surface area contributed by atoms with Crippen molar-refractivity contribution in [3.05, 3.63) is 16.7 Å². The van der Waals surface area contributed by atoms with Crippen LogP contribution in [0.15, 0.2) is 11.1 Å². The van der Waals surface area contributed by atoms with Gasteiger partial charge in [0, 0.05) is 0 Å². The Kier molecular flexibility index (Phi) is 2.53. The first-order valence-electron chi connectivity index (χ1n) is 5.67. The lowest BCUT2D eigenvalue weighted by Gasteiger charge is -2.13. The fourth-order valence-electron chi connectivity index (χ4n) is 2.21. The minimum Gasteiger partial charge on any atom is -0.394 e. The van der Waals surface area contributed by atoms with Crippen LogP contribution in [0.1, 0.15) is 19.1 Å². The van der Waals surface area contributed by atoms with Crippen LogP contribution in [0, 0.1) is 0 Å². The first-order chi connectivity index (χ1) is 8.69. The lowest BCUT2D eigenvalue weighted by atomic mass is 10.2. The minimum atomic E-state index is -0.342. The Balaban J connectivity index is 2.06. The van der Waals surface area contributed by atoms with Crippen LogP contribution >= 0.6 is 0 Å². The van der Waals surface area contributed by atoms with E-state index in [0.717, 1.165) is 12.8 Å². The van der Waals surface area contributed by atoms with Gasteiger partial charge in [0.2, 0.25) is 5.95 Å². The summed E-state index contributed by atoms with van der Waals surface area (Å²) >= 11 is 0. The molecule has 1 aliphatic rings. The molecule has 1 fully saturated rings. The number of hydrogen-bond acceptors (Lipinski definition) is 6. The van der Waals surface area contributed by atoms with Gasteiger partial charge in [0.15, 0.2) is 11.2 Å². The monoisotopic (exact) mass is 251 g/mol. The number of fused-ring (bicyclic) bond motifs is 1. The van der Waals surface area contributed by atoms with Crippen LogP contribution in [-0.4, -0.2) is 37.3 Å². The minimum absolute atomic E-state index is 0.0231.